The largest absolute Gasteiger partial charge is 0.478 e. The van der Waals surface area contributed by atoms with E-state index < -0.39 is 0 Å². The standard InChI is InChI=1S/C13H20N2O2/c1-12-3-4-14-13(11-12)17-8-2-5-15-6-9-16-10-7-15/h3-4,11H,2,5-10H2,1H3. The molecular formula is C13H20N2O2. The molecule has 1 aromatic heterocycles. The van der Waals surface area contributed by atoms with Crippen molar-refractivity contribution in [3.8, 4) is 5.88 Å². The fourth-order valence-electron chi connectivity index (χ4n) is 1.88. The van der Waals surface area contributed by atoms with Gasteiger partial charge in [0.2, 0.25) is 5.88 Å². The van der Waals surface area contributed by atoms with Gasteiger partial charge in [0.25, 0.3) is 0 Å². The minimum atomic E-state index is 0.729. The lowest BCUT2D eigenvalue weighted by Gasteiger charge is -2.26. The molecule has 0 unspecified atom stereocenters. The van der Waals surface area contributed by atoms with E-state index in [0.717, 1.165) is 51.8 Å². The maximum atomic E-state index is 5.61. The van der Waals surface area contributed by atoms with Gasteiger partial charge in [0.15, 0.2) is 0 Å². The summed E-state index contributed by atoms with van der Waals surface area (Å²) in [4.78, 5) is 6.58. The summed E-state index contributed by atoms with van der Waals surface area (Å²) in [5.74, 6) is 0.729. The molecule has 4 heteroatoms. The van der Waals surface area contributed by atoms with E-state index in [1.165, 1.54) is 5.56 Å². The zero-order valence-electron chi connectivity index (χ0n) is 10.4. The van der Waals surface area contributed by atoms with Gasteiger partial charge < -0.3 is 9.47 Å². The van der Waals surface area contributed by atoms with Crippen molar-refractivity contribution in [1.29, 1.82) is 0 Å². The first-order chi connectivity index (χ1) is 8.34. The second-order valence-corrected chi connectivity index (χ2v) is 4.33. The summed E-state index contributed by atoms with van der Waals surface area (Å²) in [6.45, 7) is 7.66. The zero-order chi connectivity index (χ0) is 11.9. The highest BCUT2D eigenvalue weighted by molar-refractivity contribution is 5.18. The quantitative estimate of drug-likeness (QED) is 0.726. The Morgan fingerprint density at radius 2 is 2.24 bits per heavy atom. The number of rotatable bonds is 5. The van der Waals surface area contributed by atoms with E-state index in [1.54, 1.807) is 6.20 Å². The Morgan fingerprint density at radius 1 is 1.41 bits per heavy atom. The lowest BCUT2D eigenvalue weighted by Crippen LogP contribution is -2.37. The summed E-state index contributed by atoms with van der Waals surface area (Å²) < 4.78 is 10.9. The maximum absolute atomic E-state index is 5.61. The highest BCUT2D eigenvalue weighted by atomic mass is 16.5. The summed E-state index contributed by atoms with van der Waals surface area (Å²) in [5.41, 5.74) is 1.18. The van der Waals surface area contributed by atoms with E-state index in [-0.39, 0.29) is 0 Å². The molecule has 0 aliphatic carbocycles. The SMILES string of the molecule is Cc1ccnc(OCCCN2CCOCC2)c1. The van der Waals surface area contributed by atoms with Crippen molar-refractivity contribution in [3.05, 3.63) is 23.9 Å². The Labute approximate surface area is 103 Å². The van der Waals surface area contributed by atoms with E-state index >= 15 is 0 Å². The van der Waals surface area contributed by atoms with Crippen molar-refractivity contribution >= 4 is 0 Å². The van der Waals surface area contributed by atoms with Gasteiger partial charge in [-0.1, -0.05) is 0 Å². The molecular weight excluding hydrogens is 216 g/mol. The Bertz CT molecular complexity index is 338. The van der Waals surface area contributed by atoms with E-state index in [9.17, 15) is 0 Å². The third-order valence-corrected chi connectivity index (χ3v) is 2.86. The number of morpholine rings is 1. The molecule has 0 saturated carbocycles. The normalized spacial score (nSPS) is 17.0. The smallest absolute Gasteiger partial charge is 0.213 e. The van der Waals surface area contributed by atoms with Gasteiger partial charge >= 0.3 is 0 Å². The molecule has 1 fully saturated rings. The lowest BCUT2D eigenvalue weighted by atomic mass is 10.3. The average Bonchev–Trinajstić information content (AvgIpc) is 2.36. The molecule has 0 atom stereocenters. The Balaban J connectivity index is 1.62. The van der Waals surface area contributed by atoms with Gasteiger partial charge in [-0.3, -0.25) is 4.90 Å². The Hall–Kier alpha value is -1.13. The van der Waals surface area contributed by atoms with Gasteiger partial charge in [-0.25, -0.2) is 4.98 Å². The van der Waals surface area contributed by atoms with Gasteiger partial charge in [-0.2, -0.15) is 0 Å². The number of aromatic nitrogens is 1. The van der Waals surface area contributed by atoms with Crippen LogP contribution in [0.1, 0.15) is 12.0 Å². The van der Waals surface area contributed by atoms with Crippen LogP contribution in [0.2, 0.25) is 0 Å². The second kappa shape index (κ2) is 6.57. The minimum absolute atomic E-state index is 0.729. The van der Waals surface area contributed by atoms with E-state index in [2.05, 4.69) is 9.88 Å². The number of pyridine rings is 1. The summed E-state index contributed by atoms with van der Waals surface area (Å²) in [6, 6.07) is 3.94. The first-order valence-electron chi connectivity index (χ1n) is 6.20. The van der Waals surface area contributed by atoms with Gasteiger partial charge in [0.1, 0.15) is 0 Å². The fraction of sp³-hybridized carbons (Fsp3) is 0.615. The van der Waals surface area contributed by atoms with Crippen LogP contribution in [0.4, 0.5) is 0 Å². The van der Waals surface area contributed by atoms with Crippen molar-refractivity contribution in [2.75, 3.05) is 39.5 Å². The molecule has 1 aliphatic heterocycles. The number of aryl methyl sites for hydroxylation is 1. The van der Waals surface area contributed by atoms with Gasteiger partial charge in [0, 0.05) is 31.9 Å². The van der Waals surface area contributed by atoms with Crippen LogP contribution in [0, 0.1) is 6.92 Å². The molecule has 0 N–H and O–H groups in total. The molecule has 0 amide bonds. The molecule has 2 heterocycles. The van der Waals surface area contributed by atoms with Crippen molar-refractivity contribution in [1.82, 2.24) is 9.88 Å². The third kappa shape index (κ3) is 4.32. The van der Waals surface area contributed by atoms with Crippen LogP contribution in [-0.4, -0.2) is 49.3 Å². The summed E-state index contributed by atoms with van der Waals surface area (Å²) in [5, 5.41) is 0. The number of hydrogen-bond donors (Lipinski definition) is 0. The monoisotopic (exact) mass is 236 g/mol. The maximum Gasteiger partial charge on any atom is 0.213 e. The van der Waals surface area contributed by atoms with Crippen molar-refractivity contribution in [2.45, 2.75) is 13.3 Å². The zero-order valence-corrected chi connectivity index (χ0v) is 10.4. The number of nitrogens with zero attached hydrogens (tertiary/aromatic N) is 2. The molecule has 94 valence electrons. The van der Waals surface area contributed by atoms with E-state index in [1.807, 2.05) is 19.1 Å². The van der Waals surface area contributed by atoms with Gasteiger partial charge in [-0.05, 0) is 25.0 Å². The van der Waals surface area contributed by atoms with Crippen molar-refractivity contribution in [2.24, 2.45) is 0 Å². The van der Waals surface area contributed by atoms with Crippen LogP contribution in [0.15, 0.2) is 18.3 Å². The summed E-state index contributed by atoms with van der Waals surface area (Å²) >= 11 is 0. The molecule has 0 radical (unpaired) electrons. The minimum Gasteiger partial charge on any atom is -0.478 e. The van der Waals surface area contributed by atoms with Crippen LogP contribution >= 0.6 is 0 Å². The molecule has 0 spiro atoms. The lowest BCUT2D eigenvalue weighted by molar-refractivity contribution is 0.0357. The van der Waals surface area contributed by atoms with Crippen molar-refractivity contribution < 1.29 is 9.47 Å². The molecule has 1 aromatic rings. The van der Waals surface area contributed by atoms with Crippen LogP contribution in [0.5, 0.6) is 5.88 Å². The summed E-state index contributed by atoms with van der Waals surface area (Å²) in [6.07, 6.45) is 2.82. The molecule has 1 aliphatic rings. The summed E-state index contributed by atoms with van der Waals surface area (Å²) in [7, 11) is 0. The Kier molecular flexibility index (Phi) is 4.76. The van der Waals surface area contributed by atoms with Crippen molar-refractivity contribution in [3.63, 3.8) is 0 Å². The van der Waals surface area contributed by atoms with Crippen LogP contribution in [-0.2, 0) is 4.74 Å². The molecule has 2 rings (SSSR count). The van der Waals surface area contributed by atoms with E-state index in [4.69, 9.17) is 9.47 Å². The first kappa shape index (κ1) is 12.3. The highest BCUT2D eigenvalue weighted by Crippen LogP contribution is 2.08. The topological polar surface area (TPSA) is 34.6 Å². The molecule has 4 nitrogen and oxygen atoms in total. The van der Waals surface area contributed by atoms with Gasteiger partial charge in [0.05, 0.1) is 19.8 Å². The Morgan fingerprint density at radius 3 is 3.00 bits per heavy atom. The second-order valence-electron chi connectivity index (χ2n) is 4.33. The predicted octanol–water partition coefficient (Wildman–Crippen LogP) is 1.49. The van der Waals surface area contributed by atoms with Crippen LogP contribution in [0.25, 0.3) is 0 Å². The molecule has 0 bridgehead atoms. The molecule has 17 heavy (non-hydrogen) atoms. The number of hydrogen-bond acceptors (Lipinski definition) is 4. The predicted molar refractivity (Wildman–Crippen MR) is 66.3 cm³/mol. The third-order valence-electron chi connectivity index (χ3n) is 2.86. The molecule has 0 aromatic carbocycles. The average molecular weight is 236 g/mol. The first-order valence-corrected chi connectivity index (χ1v) is 6.20. The fourth-order valence-corrected chi connectivity index (χ4v) is 1.88. The highest BCUT2D eigenvalue weighted by Gasteiger charge is 2.09. The van der Waals surface area contributed by atoms with Gasteiger partial charge in [-0.15, -0.1) is 0 Å². The van der Waals surface area contributed by atoms with E-state index in [0.29, 0.717) is 0 Å². The molecule has 1 saturated heterocycles. The number of ether oxygens (including phenoxy) is 2. The van der Waals surface area contributed by atoms with Crippen LogP contribution < -0.4 is 4.74 Å². The van der Waals surface area contributed by atoms with Crippen LogP contribution in [0.3, 0.4) is 0 Å².